The summed E-state index contributed by atoms with van der Waals surface area (Å²) in [6.45, 7) is 2.93. The number of nitrogens with zero attached hydrogens (tertiary/aromatic N) is 2. The van der Waals surface area contributed by atoms with Crippen LogP contribution in [-0.4, -0.2) is 56.9 Å². The van der Waals surface area contributed by atoms with Crippen molar-refractivity contribution in [1.29, 1.82) is 0 Å². The molecule has 2 heterocycles. The van der Waals surface area contributed by atoms with E-state index in [0.29, 0.717) is 42.6 Å². The molecule has 2 aromatic rings. The third-order valence-electron chi connectivity index (χ3n) is 5.70. The maximum absolute atomic E-state index is 13.0. The van der Waals surface area contributed by atoms with E-state index in [1.807, 2.05) is 12.1 Å². The third kappa shape index (κ3) is 4.38. The number of hydrogen-bond donors (Lipinski definition) is 1. The number of benzene rings is 2. The molecule has 1 atom stereocenters. The molecule has 1 fully saturated rings. The fourth-order valence-electron chi connectivity index (χ4n) is 4.07. The average molecular weight is 478 g/mol. The Balaban J connectivity index is 1.55. The van der Waals surface area contributed by atoms with Gasteiger partial charge >= 0.3 is 0 Å². The Hall–Kier alpha value is -2.46. The molecule has 0 aliphatic carbocycles. The number of halogens is 1. The second-order valence-electron chi connectivity index (χ2n) is 7.73. The second-order valence-corrected chi connectivity index (χ2v) is 10.1. The summed E-state index contributed by atoms with van der Waals surface area (Å²) in [6, 6.07) is 11.1. The number of hydrogen-bond acceptors (Lipinski definition) is 5. The fourth-order valence-corrected chi connectivity index (χ4v) is 5.73. The normalized spacial score (nSPS) is 18.9. The monoisotopic (exact) mass is 477 g/mol. The van der Waals surface area contributed by atoms with E-state index < -0.39 is 16.1 Å². The Morgan fingerprint density at radius 3 is 2.56 bits per heavy atom. The number of carbonyl (C=O) groups excluding carboxylic acids is 2. The van der Waals surface area contributed by atoms with Crippen LogP contribution in [0.4, 0.5) is 5.69 Å². The van der Waals surface area contributed by atoms with E-state index in [0.717, 1.165) is 5.56 Å². The molecule has 0 saturated carbocycles. The fraction of sp³-hybridized carbons (Fsp3) is 0.364. The molecular formula is C22H24ClN3O5S. The number of morpholine rings is 1. The average Bonchev–Trinajstić information content (AvgIpc) is 3.18. The molecule has 1 N–H and O–H groups in total. The van der Waals surface area contributed by atoms with Crippen LogP contribution in [0.15, 0.2) is 47.4 Å². The topological polar surface area (TPSA) is 96.0 Å². The first-order chi connectivity index (χ1) is 15.3. The Morgan fingerprint density at radius 1 is 1.16 bits per heavy atom. The van der Waals surface area contributed by atoms with Gasteiger partial charge in [0.15, 0.2) is 0 Å². The molecule has 2 aromatic carbocycles. The number of carbonyl (C=O) groups is 2. The molecule has 0 unspecified atom stereocenters. The molecule has 10 heteroatoms. The molecule has 8 nitrogen and oxygen atoms in total. The van der Waals surface area contributed by atoms with Crippen molar-refractivity contribution in [3.63, 3.8) is 0 Å². The summed E-state index contributed by atoms with van der Waals surface area (Å²) in [5.41, 5.74) is 1.97. The van der Waals surface area contributed by atoms with Gasteiger partial charge in [-0.1, -0.05) is 29.8 Å². The Labute approximate surface area is 192 Å². The first-order valence-electron chi connectivity index (χ1n) is 10.3. The van der Waals surface area contributed by atoms with Gasteiger partial charge in [0, 0.05) is 43.7 Å². The summed E-state index contributed by atoms with van der Waals surface area (Å²) in [5, 5.41) is 3.39. The first kappa shape index (κ1) is 22.7. The predicted molar refractivity (Wildman–Crippen MR) is 120 cm³/mol. The van der Waals surface area contributed by atoms with Crippen molar-refractivity contribution in [3.8, 4) is 0 Å². The van der Waals surface area contributed by atoms with Crippen molar-refractivity contribution in [2.75, 3.05) is 31.2 Å². The van der Waals surface area contributed by atoms with Gasteiger partial charge in [0.05, 0.1) is 18.1 Å². The van der Waals surface area contributed by atoms with Crippen molar-refractivity contribution in [3.05, 3.63) is 58.6 Å². The third-order valence-corrected chi connectivity index (χ3v) is 7.96. The van der Waals surface area contributed by atoms with Gasteiger partial charge in [0.2, 0.25) is 21.8 Å². The highest BCUT2D eigenvalue weighted by Crippen LogP contribution is 2.35. The number of nitrogens with one attached hydrogen (secondary N) is 1. The van der Waals surface area contributed by atoms with Gasteiger partial charge in [-0.15, -0.1) is 0 Å². The molecule has 0 radical (unpaired) electrons. The zero-order valence-electron chi connectivity index (χ0n) is 17.6. The van der Waals surface area contributed by atoms with Crippen LogP contribution in [0.2, 0.25) is 5.02 Å². The van der Waals surface area contributed by atoms with Crippen LogP contribution in [-0.2, 0) is 37.3 Å². The highest BCUT2D eigenvalue weighted by Gasteiger charge is 2.38. The van der Waals surface area contributed by atoms with Gasteiger partial charge in [-0.3, -0.25) is 14.5 Å². The van der Waals surface area contributed by atoms with Crippen LogP contribution in [0.1, 0.15) is 18.1 Å². The molecular weight excluding hydrogens is 454 g/mol. The van der Waals surface area contributed by atoms with E-state index in [4.69, 9.17) is 16.3 Å². The lowest BCUT2D eigenvalue weighted by molar-refractivity contribution is -0.125. The maximum atomic E-state index is 13.0. The van der Waals surface area contributed by atoms with Gasteiger partial charge < -0.3 is 10.1 Å². The summed E-state index contributed by atoms with van der Waals surface area (Å²) in [4.78, 5) is 26.9. The molecule has 1 saturated heterocycles. The summed E-state index contributed by atoms with van der Waals surface area (Å²) in [7, 11) is -3.68. The van der Waals surface area contributed by atoms with Crippen LogP contribution < -0.4 is 10.2 Å². The predicted octanol–water partition coefficient (Wildman–Crippen LogP) is 1.95. The lowest BCUT2D eigenvalue weighted by atomic mass is 10.1. The maximum Gasteiger partial charge on any atom is 0.243 e. The summed E-state index contributed by atoms with van der Waals surface area (Å²) >= 11 is 6.16. The quantitative estimate of drug-likeness (QED) is 0.710. The second kappa shape index (κ2) is 9.19. The number of ether oxygens (including phenoxy) is 1. The van der Waals surface area contributed by atoms with Crippen molar-refractivity contribution >= 4 is 39.1 Å². The summed E-state index contributed by atoms with van der Waals surface area (Å²) in [5.74, 6) is -0.612. The summed E-state index contributed by atoms with van der Waals surface area (Å²) < 4.78 is 32.7. The van der Waals surface area contributed by atoms with Gasteiger partial charge in [-0.2, -0.15) is 4.31 Å². The molecule has 2 amide bonds. The van der Waals surface area contributed by atoms with Crippen LogP contribution >= 0.6 is 11.6 Å². The standard InChI is InChI=1S/C22H24ClN3O5S/c1-15(27)26-20-7-6-18(32(29,30)25-8-10-31-11-9-25)12-17(20)13-21(26)22(28)24-14-16-4-2-3-5-19(16)23/h2-7,12,21H,8-11,13-14H2,1H3,(H,24,28)/t21-/m1/s1. The zero-order chi connectivity index (χ0) is 22.9. The van der Waals surface area contributed by atoms with Crippen LogP contribution in [0.25, 0.3) is 0 Å². The van der Waals surface area contributed by atoms with Crippen LogP contribution in [0.5, 0.6) is 0 Å². The number of rotatable bonds is 5. The van der Waals surface area contributed by atoms with E-state index in [2.05, 4.69) is 5.32 Å². The van der Waals surface area contributed by atoms with Crippen molar-refractivity contribution in [2.24, 2.45) is 0 Å². The van der Waals surface area contributed by atoms with E-state index in [9.17, 15) is 18.0 Å². The minimum atomic E-state index is -3.68. The lowest BCUT2D eigenvalue weighted by Gasteiger charge is -2.26. The number of fused-ring (bicyclic) bond motifs is 1. The molecule has 0 spiro atoms. The molecule has 2 aliphatic rings. The minimum Gasteiger partial charge on any atom is -0.379 e. The SMILES string of the molecule is CC(=O)N1c2ccc(S(=O)(=O)N3CCOCC3)cc2C[C@@H]1C(=O)NCc1ccccc1Cl. The number of sulfonamides is 1. The van der Waals surface area contributed by atoms with Gasteiger partial charge in [0.1, 0.15) is 6.04 Å². The highest BCUT2D eigenvalue weighted by atomic mass is 35.5. The van der Waals surface area contributed by atoms with E-state index >= 15 is 0 Å². The smallest absolute Gasteiger partial charge is 0.243 e. The Kier molecular flexibility index (Phi) is 6.52. The molecule has 2 aliphatic heterocycles. The molecule has 0 bridgehead atoms. The van der Waals surface area contributed by atoms with E-state index in [1.54, 1.807) is 24.3 Å². The van der Waals surface area contributed by atoms with E-state index in [-0.39, 0.29) is 29.7 Å². The van der Waals surface area contributed by atoms with Crippen LogP contribution in [0, 0.1) is 0 Å². The largest absolute Gasteiger partial charge is 0.379 e. The first-order valence-corrected chi connectivity index (χ1v) is 12.1. The minimum absolute atomic E-state index is 0.152. The molecule has 4 rings (SSSR count). The Bertz CT molecular complexity index is 1150. The lowest BCUT2D eigenvalue weighted by Crippen LogP contribution is -2.47. The van der Waals surface area contributed by atoms with Gasteiger partial charge in [-0.05, 0) is 35.4 Å². The van der Waals surface area contributed by atoms with Gasteiger partial charge in [-0.25, -0.2) is 8.42 Å². The van der Waals surface area contributed by atoms with Crippen LogP contribution in [0.3, 0.4) is 0 Å². The number of anilines is 1. The molecule has 32 heavy (non-hydrogen) atoms. The Morgan fingerprint density at radius 2 is 1.88 bits per heavy atom. The molecule has 0 aromatic heterocycles. The van der Waals surface area contributed by atoms with Gasteiger partial charge in [0.25, 0.3) is 0 Å². The van der Waals surface area contributed by atoms with Crippen molar-refractivity contribution < 1.29 is 22.7 Å². The van der Waals surface area contributed by atoms with Crippen molar-refractivity contribution in [1.82, 2.24) is 9.62 Å². The summed E-state index contributed by atoms with van der Waals surface area (Å²) in [6.07, 6.45) is 0.232. The highest BCUT2D eigenvalue weighted by molar-refractivity contribution is 7.89. The van der Waals surface area contributed by atoms with E-state index in [1.165, 1.54) is 22.2 Å². The van der Waals surface area contributed by atoms with Crippen molar-refractivity contribution in [2.45, 2.75) is 30.8 Å². The number of amides is 2. The zero-order valence-corrected chi connectivity index (χ0v) is 19.2. The molecule has 170 valence electrons.